The number of hydrogen-bond donors (Lipinski definition) is 2. The minimum absolute atomic E-state index is 0.0120. The van der Waals surface area contributed by atoms with E-state index in [1.165, 1.54) is 6.42 Å². The van der Waals surface area contributed by atoms with Gasteiger partial charge < -0.3 is 5.11 Å². The maximum atomic E-state index is 11.1. The molecule has 0 spiro atoms. The van der Waals surface area contributed by atoms with E-state index < -0.39 is 5.97 Å². The first kappa shape index (κ1) is 10.6. The Morgan fingerprint density at radius 3 is 2.53 bits per heavy atom. The van der Waals surface area contributed by atoms with Gasteiger partial charge in [-0.2, -0.15) is 12.6 Å². The van der Waals surface area contributed by atoms with Crippen LogP contribution in [0.3, 0.4) is 0 Å². The van der Waals surface area contributed by atoms with E-state index in [0.29, 0.717) is 5.56 Å². The van der Waals surface area contributed by atoms with E-state index in [4.69, 9.17) is 5.11 Å². The van der Waals surface area contributed by atoms with Crippen molar-refractivity contribution < 1.29 is 9.90 Å². The van der Waals surface area contributed by atoms with Crippen LogP contribution < -0.4 is 0 Å². The second kappa shape index (κ2) is 3.89. The van der Waals surface area contributed by atoms with Crippen molar-refractivity contribution in [3.8, 4) is 0 Å². The molecule has 1 aromatic carbocycles. The maximum absolute atomic E-state index is 11.1. The largest absolute Gasteiger partial charge is 0.478 e. The van der Waals surface area contributed by atoms with Crippen LogP contribution in [0.2, 0.25) is 0 Å². The summed E-state index contributed by atoms with van der Waals surface area (Å²) in [7, 11) is 0. The molecule has 1 fully saturated rings. The minimum Gasteiger partial charge on any atom is -0.478 e. The average molecular weight is 222 g/mol. The fourth-order valence-corrected chi connectivity index (χ4v) is 2.73. The smallest absolute Gasteiger partial charge is 0.335 e. The van der Waals surface area contributed by atoms with Crippen LogP contribution in [0.5, 0.6) is 0 Å². The summed E-state index contributed by atoms with van der Waals surface area (Å²) in [6, 6.07) is 7.29. The molecule has 80 valence electrons. The molecular formula is C12H14O2S. The highest BCUT2D eigenvalue weighted by Gasteiger charge is 2.39. The Balaban J connectivity index is 2.46. The van der Waals surface area contributed by atoms with Crippen LogP contribution in [0, 0.1) is 0 Å². The Morgan fingerprint density at radius 1 is 1.40 bits per heavy atom. The van der Waals surface area contributed by atoms with Crippen molar-refractivity contribution in [2.24, 2.45) is 0 Å². The van der Waals surface area contributed by atoms with E-state index in [9.17, 15) is 4.79 Å². The number of thiol groups is 1. The number of carboxylic acid groups (broad SMARTS) is 1. The van der Waals surface area contributed by atoms with Crippen LogP contribution in [0.15, 0.2) is 24.3 Å². The lowest BCUT2D eigenvalue weighted by Gasteiger charge is -2.42. The number of benzene rings is 1. The van der Waals surface area contributed by atoms with Gasteiger partial charge >= 0.3 is 5.97 Å². The standard InChI is InChI=1S/C12H14O2S/c13-11(14)9-4-1-2-5-10(9)12(8-15)6-3-7-12/h1-2,4-5,15H,3,6-8H2,(H,13,14). The molecule has 0 aliphatic heterocycles. The minimum atomic E-state index is -0.835. The molecular weight excluding hydrogens is 208 g/mol. The fraction of sp³-hybridized carbons (Fsp3) is 0.417. The molecule has 3 heteroatoms. The van der Waals surface area contributed by atoms with Gasteiger partial charge in [0.1, 0.15) is 0 Å². The molecule has 15 heavy (non-hydrogen) atoms. The van der Waals surface area contributed by atoms with Gasteiger partial charge in [-0.05, 0) is 30.2 Å². The number of carbonyl (C=O) groups is 1. The van der Waals surface area contributed by atoms with Gasteiger partial charge in [-0.3, -0.25) is 0 Å². The molecule has 0 unspecified atom stereocenters. The van der Waals surface area contributed by atoms with Crippen molar-refractivity contribution in [1.29, 1.82) is 0 Å². The zero-order chi connectivity index (χ0) is 10.9. The summed E-state index contributed by atoms with van der Waals surface area (Å²) in [5, 5.41) is 9.12. The lowest BCUT2D eigenvalue weighted by atomic mass is 9.64. The van der Waals surface area contributed by atoms with Crippen molar-refractivity contribution in [2.75, 3.05) is 5.75 Å². The fourth-order valence-electron chi connectivity index (χ4n) is 2.25. The van der Waals surface area contributed by atoms with Gasteiger partial charge in [0.25, 0.3) is 0 Å². The van der Waals surface area contributed by atoms with Crippen molar-refractivity contribution in [3.05, 3.63) is 35.4 Å². The lowest BCUT2D eigenvalue weighted by Crippen LogP contribution is -2.37. The lowest BCUT2D eigenvalue weighted by molar-refractivity contribution is 0.0692. The van der Waals surface area contributed by atoms with E-state index in [-0.39, 0.29) is 5.41 Å². The molecule has 1 aliphatic rings. The van der Waals surface area contributed by atoms with Crippen LogP contribution in [0.1, 0.15) is 35.2 Å². The first-order valence-electron chi connectivity index (χ1n) is 5.13. The van der Waals surface area contributed by atoms with Gasteiger partial charge in [0, 0.05) is 5.41 Å². The van der Waals surface area contributed by atoms with Crippen molar-refractivity contribution in [3.63, 3.8) is 0 Å². The molecule has 1 aliphatic carbocycles. The predicted octanol–water partition coefficient (Wildman–Crippen LogP) is 2.74. The first-order chi connectivity index (χ1) is 7.19. The van der Waals surface area contributed by atoms with Gasteiger partial charge in [0.2, 0.25) is 0 Å². The van der Waals surface area contributed by atoms with Crippen LogP contribution >= 0.6 is 12.6 Å². The zero-order valence-electron chi connectivity index (χ0n) is 8.44. The summed E-state index contributed by atoms with van der Waals surface area (Å²) >= 11 is 4.37. The molecule has 2 rings (SSSR count). The quantitative estimate of drug-likeness (QED) is 0.772. The molecule has 0 radical (unpaired) electrons. The Bertz CT molecular complexity index is 377. The van der Waals surface area contributed by atoms with Crippen molar-refractivity contribution in [1.82, 2.24) is 0 Å². The summed E-state index contributed by atoms with van der Waals surface area (Å²) in [5.41, 5.74) is 1.41. The summed E-state index contributed by atoms with van der Waals surface area (Å²) in [6.07, 6.45) is 3.29. The summed E-state index contributed by atoms with van der Waals surface area (Å²) in [6.45, 7) is 0. The Morgan fingerprint density at radius 2 is 2.07 bits per heavy atom. The topological polar surface area (TPSA) is 37.3 Å². The third-order valence-corrected chi connectivity index (χ3v) is 3.95. The first-order valence-corrected chi connectivity index (χ1v) is 5.76. The van der Waals surface area contributed by atoms with Crippen molar-refractivity contribution in [2.45, 2.75) is 24.7 Å². The number of hydrogen-bond acceptors (Lipinski definition) is 2. The molecule has 1 aromatic rings. The van der Waals surface area contributed by atoms with Gasteiger partial charge in [0.05, 0.1) is 5.56 Å². The van der Waals surface area contributed by atoms with Gasteiger partial charge in [0.15, 0.2) is 0 Å². The average Bonchev–Trinajstić information content (AvgIpc) is 2.17. The summed E-state index contributed by atoms with van der Waals surface area (Å²) in [4.78, 5) is 11.1. The number of aromatic carboxylic acids is 1. The predicted molar refractivity (Wildman–Crippen MR) is 62.8 cm³/mol. The third-order valence-electron chi connectivity index (χ3n) is 3.34. The van der Waals surface area contributed by atoms with Crippen LogP contribution in [0.4, 0.5) is 0 Å². The monoisotopic (exact) mass is 222 g/mol. The third kappa shape index (κ3) is 1.65. The van der Waals surface area contributed by atoms with Crippen molar-refractivity contribution >= 4 is 18.6 Å². The molecule has 0 aromatic heterocycles. The Kier molecular flexibility index (Phi) is 2.74. The van der Waals surface area contributed by atoms with Gasteiger partial charge in [-0.25, -0.2) is 4.79 Å². The molecule has 1 saturated carbocycles. The molecule has 0 amide bonds. The normalized spacial score (nSPS) is 18.2. The van der Waals surface area contributed by atoms with E-state index in [1.54, 1.807) is 12.1 Å². The SMILES string of the molecule is O=C(O)c1ccccc1C1(CS)CCC1. The molecule has 0 atom stereocenters. The highest BCUT2D eigenvalue weighted by Crippen LogP contribution is 2.45. The molecule has 0 saturated heterocycles. The number of carboxylic acids is 1. The Hall–Kier alpha value is -0.960. The summed E-state index contributed by atoms with van der Waals surface area (Å²) in [5.74, 6) is -0.101. The highest BCUT2D eigenvalue weighted by molar-refractivity contribution is 7.80. The maximum Gasteiger partial charge on any atom is 0.335 e. The number of rotatable bonds is 3. The summed E-state index contributed by atoms with van der Waals surface area (Å²) < 4.78 is 0. The molecule has 2 nitrogen and oxygen atoms in total. The molecule has 0 heterocycles. The Labute approximate surface area is 94.7 Å². The van der Waals surface area contributed by atoms with E-state index in [2.05, 4.69) is 12.6 Å². The zero-order valence-corrected chi connectivity index (χ0v) is 9.33. The van der Waals surface area contributed by atoms with E-state index in [0.717, 1.165) is 24.2 Å². The van der Waals surface area contributed by atoms with Crippen LogP contribution in [0.25, 0.3) is 0 Å². The highest BCUT2D eigenvalue weighted by atomic mass is 32.1. The second-order valence-corrected chi connectivity index (χ2v) is 4.46. The molecule has 1 N–H and O–H groups in total. The van der Waals surface area contributed by atoms with Gasteiger partial charge in [-0.1, -0.05) is 24.6 Å². The van der Waals surface area contributed by atoms with Crippen LogP contribution in [-0.4, -0.2) is 16.8 Å². The van der Waals surface area contributed by atoms with Crippen LogP contribution in [-0.2, 0) is 5.41 Å². The van der Waals surface area contributed by atoms with E-state index in [1.807, 2.05) is 12.1 Å². The van der Waals surface area contributed by atoms with E-state index >= 15 is 0 Å². The molecule has 0 bridgehead atoms. The second-order valence-electron chi connectivity index (χ2n) is 4.14. The van der Waals surface area contributed by atoms with Gasteiger partial charge in [-0.15, -0.1) is 0 Å².